The van der Waals surface area contributed by atoms with E-state index in [-0.39, 0.29) is 30.4 Å². The smallest absolute Gasteiger partial charge is 0.227 e. The number of amides is 1. The first kappa shape index (κ1) is 17.3. The fourth-order valence-corrected chi connectivity index (χ4v) is 4.95. The third kappa shape index (κ3) is 2.85. The highest BCUT2D eigenvalue weighted by atomic mass is 16.3. The predicted molar refractivity (Wildman–Crippen MR) is 100 cm³/mol. The van der Waals surface area contributed by atoms with Crippen LogP contribution in [-0.2, 0) is 4.79 Å². The van der Waals surface area contributed by atoms with Crippen molar-refractivity contribution >= 4 is 11.5 Å². The third-order valence-corrected chi connectivity index (χ3v) is 6.40. The van der Waals surface area contributed by atoms with Crippen LogP contribution >= 0.6 is 0 Å². The normalized spacial score (nSPS) is 28.5. The SMILES string of the molecule is N#C[C@H]1[C@@H](c2ccc(C3=CCCC3)cc2)[C@@H](CO)N1C(=O)C1CCCC1. The molecule has 4 nitrogen and oxygen atoms in total. The maximum Gasteiger partial charge on any atom is 0.227 e. The molecule has 3 aliphatic rings. The molecule has 1 aliphatic heterocycles. The zero-order valence-corrected chi connectivity index (χ0v) is 15.1. The van der Waals surface area contributed by atoms with E-state index in [1.165, 1.54) is 17.6 Å². The molecule has 1 saturated heterocycles. The van der Waals surface area contributed by atoms with Gasteiger partial charge in [0, 0.05) is 11.8 Å². The van der Waals surface area contributed by atoms with E-state index >= 15 is 0 Å². The van der Waals surface area contributed by atoms with Crippen molar-refractivity contribution in [2.75, 3.05) is 6.61 Å². The maximum atomic E-state index is 12.8. The molecule has 4 heteroatoms. The van der Waals surface area contributed by atoms with Crippen molar-refractivity contribution in [2.24, 2.45) is 5.92 Å². The predicted octanol–water partition coefficient (Wildman–Crippen LogP) is 3.62. The number of carbonyl (C=O) groups is 1. The number of hydrogen-bond acceptors (Lipinski definition) is 3. The van der Waals surface area contributed by atoms with Crippen LogP contribution in [0.15, 0.2) is 30.3 Å². The summed E-state index contributed by atoms with van der Waals surface area (Å²) >= 11 is 0. The van der Waals surface area contributed by atoms with Crippen molar-refractivity contribution in [2.45, 2.75) is 62.9 Å². The topological polar surface area (TPSA) is 64.3 Å². The third-order valence-electron chi connectivity index (χ3n) is 6.40. The number of rotatable bonds is 4. The lowest BCUT2D eigenvalue weighted by atomic mass is 9.74. The molecule has 1 N–H and O–H groups in total. The number of nitriles is 1. The van der Waals surface area contributed by atoms with Crippen LogP contribution in [0.4, 0.5) is 0 Å². The summed E-state index contributed by atoms with van der Waals surface area (Å²) in [5.74, 6) is 0.0107. The van der Waals surface area contributed by atoms with Crippen molar-refractivity contribution in [1.82, 2.24) is 4.90 Å². The van der Waals surface area contributed by atoms with Crippen LogP contribution in [0, 0.1) is 17.2 Å². The number of allylic oxidation sites excluding steroid dienone is 2. The van der Waals surface area contributed by atoms with Crippen LogP contribution in [0.25, 0.3) is 5.57 Å². The highest BCUT2D eigenvalue weighted by molar-refractivity contribution is 5.82. The van der Waals surface area contributed by atoms with Crippen LogP contribution < -0.4 is 0 Å². The second-order valence-electron chi connectivity index (χ2n) is 7.82. The molecule has 3 atom stereocenters. The van der Waals surface area contributed by atoms with Crippen LogP contribution in [0.1, 0.15) is 62.0 Å². The Balaban J connectivity index is 1.54. The van der Waals surface area contributed by atoms with Crippen molar-refractivity contribution in [3.8, 4) is 6.07 Å². The van der Waals surface area contributed by atoms with Gasteiger partial charge in [-0.25, -0.2) is 0 Å². The molecule has 0 spiro atoms. The minimum atomic E-state index is -0.461. The van der Waals surface area contributed by atoms with Crippen LogP contribution in [0.3, 0.4) is 0 Å². The summed E-state index contributed by atoms with van der Waals surface area (Å²) in [7, 11) is 0. The Morgan fingerprint density at radius 2 is 1.92 bits per heavy atom. The van der Waals surface area contributed by atoms with Gasteiger partial charge in [0.05, 0.1) is 18.7 Å². The summed E-state index contributed by atoms with van der Waals surface area (Å²) in [5, 5.41) is 19.6. The Kier molecular flexibility index (Phi) is 4.82. The van der Waals surface area contributed by atoms with Crippen LogP contribution in [0.2, 0.25) is 0 Å². The molecule has 1 heterocycles. The van der Waals surface area contributed by atoms with E-state index in [1.807, 2.05) is 0 Å². The Labute approximate surface area is 155 Å². The molecule has 0 unspecified atom stereocenters. The second kappa shape index (κ2) is 7.25. The molecule has 0 aromatic heterocycles. The van der Waals surface area contributed by atoms with Gasteiger partial charge in [-0.05, 0) is 48.8 Å². The number of likely N-dealkylation sites (tertiary alicyclic amines) is 1. The minimum absolute atomic E-state index is 0.0394. The van der Waals surface area contributed by atoms with Gasteiger partial charge in [0.25, 0.3) is 0 Å². The molecule has 0 bridgehead atoms. The largest absolute Gasteiger partial charge is 0.394 e. The number of hydrogen-bond donors (Lipinski definition) is 1. The number of nitrogens with zero attached hydrogens (tertiary/aromatic N) is 2. The lowest BCUT2D eigenvalue weighted by Gasteiger charge is -2.52. The van der Waals surface area contributed by atoms with E-state index in [9.17, 15) is 15.2 Å². The average molecular weight is 350 g/mol. The molecule has 4 rings (SSSR count). The van der Waals surface area contributed by atoms with Gasteiger partial charge in [0.15, 0.2) is 0 Å². The van der Waals surface area contributed by atoms with E-state index in [0.717, 1.165) is 44.1 Å². The zero-order valence-electron chi connectivity index (χ0n) is 15.1. The van der Waals surface area contributed by atoms with Gasteiger partial charge >= 0.3 is 0 Å². The lowest BCUT2D eigenvalue weighted by molar-refractivity contribution is -0.151. The standard InChI is InChI=1S/C22H26N2O2/c23-13-19-21(17-11-9-16(10-12-17)15-5-1-2-6-15)20(14-25)24(19)22(26)18-7-3-4-8-18/h5,9-12,18-21,25H,1-4,6-8,14H2/t19-,20+,21+/m0/s1. The Morgan fingerprint density at radius 3 is 2.50 bits per heavy atom. The molecule has 136 valence electrons. The summed E-state index contributed by atoms with van der Waals surface area (Å²) in [5.41, 5.74) is 3.70. The fourth-order valence-electron chi connectivity index (χ4n) is 4.95. The molecule has 1 saturated carbocycles. The Morgan fingerprint density at radius 1 is 1.19 bits per heavy atom. The first-order chi connectivity index (χ1) is 12.7. The zero-order chi connectivity index (χ0) is 18.1. The van der Waals surface area contributed by atoms with Gasteiger partial charge in [-0.15, -0.1) is 0 Å². The van der Waals surface area contributed by atoms with Crippen molar-refractivity contribution in [3.05, 3.63) is 41.5 Å². The molecular formula is C22H26N2O2. The first-order valence-corrected chi connectivity index (χ1v) is 9.86. The molecule has 2 aliphatic carbocycles. The molecule has 1 amide bonds. The summed E-state index contributed by atoms with van der Waals surface area (Å²) in [6.45, 7) is -0.0891. The molecule has 26 heavy (non-hydrogen) atoms. The molecule has 1 aromatic carbocycles. The van der Waals surface area contributed by atoms with E-state index in [4.69, 9.17) is 0 Å². The van der Waals surface area contributed by atoms with Crippen molar-refractivity contribution in [1.29, 1.82) is 5.26 Å². The molecule has 1 aromatic rings. The van der Waals surface area contributed by atoms with Crippen molar-refractivity contribution < 1.29 is 9.90 Å². The molecular weight excluding hydrogens is 324 g/mol. The minimum Gasteiger partial charge on any atom is -0.394 e. The van der Waals surface area contributed by atoms with E-state index in [0.29, 0.717) is 0 Å². The van der Waals surface area contributed by atoms with Gasteiger partial charge in [0.2, 0.25) is 5.91 Å². The molecule has 2 fully saturated rings. The Hall–Kier alpha value is -2.12. The maximum absolute atomic E-state index is 12.8. The monoisotopic (exact) mass is 350 g/mol. The van der Waals surface area contributed by atoms with Gasteiger partial charge in [-0.1, -0.05) is 43.2 Å². The number of benzene rings is 1. The number of carbonyl (C=O) groups excluding carboxylic acids is 1. The number of aliphatic hydroxyl groups is 1. The number of aliphatic hydroxyl groups excluding tert-OH is 1. The van der Waals surface area contributed by atoms with E-state index in [2.05, 4.69) is 36.4 Å². The first-order valence-electron chi connectivity index (χ1n) is 9.86. The summed E-state index contributed by atoms with van der Waals surface area (Å²) in [6, 6.07) is 9.98. The summed E-state index contributed by atoms with van der Waals surface area (Å²) < 4.78 is 0. The van der Waals surface area contributed by atoms with E-state index < -0.39 is 6.04 Å². The fraction of sp³-hybridized carbons (Fsp3) is 0.545. The van der Waals surface area contributed by atoms with Crippen molar-refractivity contribution in [3.63, 3.8) is 0 Å². The van der Waals surface area contributed by atoms with Gasteiger partial charge < -0.3 is 10.0 Å². The van der Waals surface area contributed by atoms with Crippen LogP contribution in [-0.4, -0.2) is 34.6 Å². The summed E-state index contributed by atoms with van der Waals surface area (Å²) in [6.07, 6.45) is 9.82. The van der Waals surface area contributed by atoms with Gasteiger partial charge in [-0.3, -0.25) is 4.79 Å². The lowest BCUT2D eigenvalue weighted by Crippen LogP contribution is -2.66. The summed E-state index contributed by atoms with van der Waals surface area (Å²) in [4.78, 5) is 14.5. The molecule has 0 radical (unpaired) electrons. The van der Waals surface area contributed by atoms with Gasteiger partial charge in [-0.2, -0.15) is 5.26 Å². The highest BCUT2D eigenvalue weighted by Gasteiger charge is 2.52. The quantitative estimate of drug-likeness (QED) is 0.902. The van der Waals surface area contributed by atoms with Crippen LogP contribution in [0.5, 0.6) is 0 Å². The second-order valence-corrected chi connectivity index (χ2v) is 7.82. The average Bonchev–Trinajstić information content (AvgIpc) is 3.36. The highest BCUT2D eigenvalue weighted by Crippen LogP contribution is 2.43. The van der Waals surface area contributed by atoms with Gasteiger partial charge in [0.1, 0.15) is 6.04 Å². The Bertz CT molecular complexity index is 740. The van der Waals surface area contributed by atoms with E-state index in [1.54, 1.807) is 4.90 Å².